The number of hydrogen-bond donors (Lipinski definition) is 1. The Morgan fingerprint density at radius 3 is 2.15 bits per heavy atom. The first-order valence-electron chi connectivity index (χ1n) is 11.1. The molecule has 0 radical (unpaired) electrons. The van der Waals surface area contributed by atoms with Crippen molar-refractivity contribution in [1.29, 1.82) is 0 Å². The Morgan fingerprint density at radius 2 is 1.47 bits per heavy atom. The molecule has 176 valence electrons. The number of para-hydroxylation sites is 1. The van der Waals surface area contributed by atoms with E-state index in [0.717, 1.165) is 0 Å². The van der Waals surface area contributed by atoms with Crippen molar-refractivity contribution in [2.24, 2.45) is 0 Å². The van der Waals surface area contributed by atoms with Crippen molar-refractivity contribution in [3.8, 4) is 5.75 Å². The molecule has 0 aliphatic rings. The van der Waals surface area contributed by atoms with Gasteiger partial charge < -0.3 is 19.7 Å². The molecule has 0 aliphatic carbocycles. The van der Waals surface area contributed by atoms with Gasteiger partial charge in [-0.25, -0.2) is 4.79 Å². The van der Waals surface area contributed by atoms with E-state index in [1.165, 1.54) is 0 Å². The minimum absolute atomic E-state index is 0.0632. The summed E-state index contributed by atoms with van der Waals surface area (Å²) in [6.45, 7) is 4.85. The second-order valence-electron chi connectivity index (χ2n) is 7.44. The van der Waals surface area contributed by atoms with Crippen molar-refractivity contribution in [3.05, 3.63) is 95.6 Å². The van der Waals surface area contributed by atoms with Crippen LogP contribution in [0.5, 0.6) is 5.75 Å². The predicted octanol–water partition coefficient (Wildman–Crippen LogP) is 4.54. The summed E-state index contributed by atoms with van der Waals surface area (Å²) in [5, 5.41) is 2.67. The molecule has 0 saturated carbocycles. The largest absolute Gasteiger partial charge is 0.489 e. The van der Waals surface area contributed by atoms with Gasteiger partial charge in [0, 0.05) is 29.9 Å². The predicted molar refractivity (Wildman–Crippen MR) is 130 cm³/mol. The molecule has 0 saturated heterocycles. The van der Waals surface area contributed by atoms with Crippen molar-refractivity contribution in [2.45, 2.75) is 20.5 Å². The summed E-state index contributed by atoms with van der Waals surface area (Å²) in [5.41, 5.74) is 2.05. The van der Waals surface area contributed by atoms with Crippen LogP contribution in [0.2, 0.25) is 0 Å². The highest BCUT2D eigenvalue weighted by Gasteiger charge is 2.16. The number of benzene rings is 3. The number of carbonyl (C=O) groups excluding carboxylic acids is 3. The first-order chi connectivity index (χ1) is 16.5. The minimum Gasteiger partial charge on any atom is -0.489 e. The third-order valence-electron chi connectivity index (χ3n) is 5.18. The van der Waals surface area contributed by atoms with E-state index in [-0.39, 0.29) is 12.5 Å². The van der Waals surface area contributed by atoms with Gasteiger partial charge in [0.1, 0.15) is 12.4 Å². The lowest BCUT2D eigenvalue weighted by Gasteiger charge is -2.18. The van der Waals surface area contributed by atoms with Gasteiger partial charge in [-0.2, -0.15) is 0 Å². The SMILES string of the molecule is CCN(CC)C(=O)c1ccc(NC(=O)COC(=O)c2ccccc2COc2ccccc2)cc1. The number of anilines is 1. The number of nitrogens with zero attached hydrogens (tertiary/aromatic N) is 1. The quantitative estimate of drug-likeness (QED) is 0.449. The Balaban J connectivity index is 1.53. The molecule has 0 aliphatic heterocycles. The molecule has 0 heterocycles. The third-order valence-corrected chi connectivity index (χ3v) is 5.18. The summed E-state index contributed by atoms with van der Waals surface area (Å²) in [6.07, 6.45) is 0. The average Bonchev–Trinajstić information content (AvgIpc) is 2.88. The van der Waals surface area contributed by atoms with Crippen LogP contribution in [0.25, 0.3) is 0 Å². The number of amides is 2. The van der Waals surface area contributed by atoms with Crippen LogP contribution in [0.1, 0.15) is 40.1 Å². The zero-order valence-electron chi connectivity index (χ0n) is 19.3. The lowest BCUT2D eigenvalue weighted by molar-refractivity contribution is -0.119. The summed E-state index contributed by atoms with van der Waals surface area (Å²) in [5.74, 6) is -0.460. The van der Waals surface area contributed by atoms with Gasteiger partial charge in [0.25, 0.3) is 11.8 Å². The van der Waals surface area contributed by atoms with Gasteiger partial charge in [0.15, 0.2) is 6.61 Å². The number of rotatable bonds is 10. The van der Waals surface area contributed by atoms with Crippen LogP contribution < -0.4 is 10.1 Å². The van der Waals surface area contributed by atoms with E-state index in [9.17, 15) is 14.4 Å². The number of ether oxygens (including phenoxy) is 2. The average molecular weight is 461 g/mol. The highest BCUT2D eigenvalue weighted by Crippen LogP contribution is 2.16. The van der Waals surface area contributed by atoms with Gasteiger partial charge in [-0.15, -0.1) is 0 Å². The van der Waals surface area contributed by atoms with Crippen LogP contribution in [-0.2, 0) is 16.1 Å². The zero-order valence-corrected chi connectivity index (χ0v) is 19.3. The van der Waals surface area contributed by atoms with E-state index in [1.54, 1.807) is 47.4 Å². The molecule has 7 heteroatoms. The van der Waals surface area contributed by atoms with Crippen molar-refractivity contribution < 1.29 is 23.9 Å². The lowest BCUT2D eigenvalue weighted by Crippen LogP contribution is -2.30. The number of carbonyl (C=O) groups is 3. The molecule has 7 nitrogen and oxygen atoms in total. The Kier molecular flexibility index (Phi) is 8.80. The van der Waals surface area contributed by atoms with Crippen LogP contribution in [0.4, 0.5) is 5.69 Å². The minimum atomic E-state index is -0.609. The monoisotopic (exact) mass is 460 g/mol. The van der Waals surface area contributed by atoms with E-state index < -0.39 is 18.5 Å². The maximum atomic E-state index is 12.6. The van der Waals surface area contributed by atoms with Crippen LogP contribution in [0.15, 0.2) is 78.9 Å². The van der Waals surface area contributed by atoms with Gasteiger partial charge in [-0.1, -0.05) is 36.4 Å². The molecule has 1 N–H and O–H groups in total. The zero-order chi connectivity index (χ0) is 24.3. The first-order valence-corrected chi connectivity index (χ1v) is 11.1. The summed E-state index contributed by atoms with van der Waals surface area (Å²) in [6, 6.07) is 22.8. The Hall–Kier alpha value is -4.13. The Morgan fingerprint density at radius 1 is 0.824 bits per heavy atom. The molecule has 0 atom stereocenters. The third kappa shape index (κ3) is 6.68. The Labute approximate surface area is 199 Å². The molecule has 0 aromatic heterocycles. The highest BCUT2D eigenvalue weighted by molar-refractivity contribution is 5.97. The summed E-state index contributed by atoms with van der Waals surface area (Å²) in [7, 11) is 0. The van der Waals surface area contributed by atoms with E-state index in [4.69, 9.17) is 9.47 Å². The van der Waals surface area contributed by atoms with Crippen molar-refractivity contribution in [2.75, 3.05) is 25.0 Å². The van der Waals surface area contributed by atoms with Crippen LogP contribution >= 0.6 is 0 Å². The fourth-order valence-electron chi connectivity index (χ4n) is 3.32. The molecule has 0 spiro atoms. The number of esters is 1. The van der Waals surface area contributed by atoms with E-state index in [2.05, 4.69) is 5.32 Å². The van der Waals surface area contributed by atoms with Crippen molar-refractivity contribution >= 4 is 23.5 Å². The summed E-state index contributed by atoms with van der Waals surface area (Å²) in [4.78, 5) is 38.9. The smallest absolute Gasteiger partial charge is 0.339 e. The lowest BCUT2D eigenvalue weighted by atomic mass is 10.1. The fraction of sp³-hybridized carbons (Fsp3) is 0.222. The molecular formula is C27H28N2O5. The second-order valence-corrected chi connectivity index (χ2v) is 7.44. The molecule has 2 amide bonds. The maximum Gasteiger partial charge on any atom is 0.339 e. The highest BCUT2D eigenvalue weighted by atomic mass is 16.5. The van der Waals surface area contributed by atoms with Crippen LogP contribution in [0.3, 0.4) is 0 Å². The van der Waals surface area contributed by atoms with Gasteiger partial charge >= 0.3 is 5.97 Å². The molecule has 0 unspecified atom stereocenters. The molecule has 0 fully saturated rings. The van der Waals surface area contributed by atoms with E-state index in [0.29, 0.717) is 41.2 Å². The standard InChI is InChI=1S/C27H28N2O5/c1-3-29(4-2)26(31)20-14-16-22(17-15-20)28-25(30)19-34-27(32)24-13-9-8-10-21(24)18-33-23-11-6-5-7-12-23/h5-17H,3-4,18-19H2,1-2H3,(H,28,30). The van der Waals surface area contributed by atoms with Gasteiger partial charge in [-0.3, -0.25) is 9.59 Å². The van der Waals surface area contributed by atoms with Gasteiger partial charge in [0.05, 0.1) is 5.56 Å². The molecule has 34 heavy (non-hydrogen) atoms. The number of nitrogens with one attached hydrogen (secondary N) is 1. The molecular weight excluding hydrogens is 432 g/mol. The summed E-state index contributed by atoms with van der Waals surface area (Å²) >= 11 is 0. The molecule has 0 bridgehead atoms. The molecule has 3 aromatic carbocycles. The molecule has 3 rings (SSSR count). The van der Waals surface area contributed by atoms with E-state index in [1.807, 2.05) is 50.2 Å². The Bertz CT molecular complexity index is 1110. The molecule has 3 aromatic rings. The number of hydrogen-bond acceptors (Lipinski definition) is 5. The van der Waals surface area contributed by atoms with Crippen molar-refractivity contribution in [3.63, 3.8) is 0 Å². The maximum absolute atomic E-state index is 12.6. The van der Waals surface area contributed by atoms with Crippen LogP contribution in [0, 0.1) is 0 Å². The van der Waals surface area contributed by atoms with Gasteiger partial charge in [-0.05, 0) is 56.3 Å². The second kappa shape index (κ2) is 12.2. The normalized spacial score (nSPS) is 10.3. The van der Waals surface area contributed by atoms with Crippen molar-refractivity contribution in [1.82, 2.24) is 4.90 Å². The van der Waals surface area contributed by atoms with E-state index >= 15 is 0 Å². The summed E-state index contributed by atoms with van der Waals surface area (Å²) < 4.78 is 10.9. The first kappa shape index (κ1) is 24.5. The fourth-order valence-corrected chi connectivity index (χ4v) is 3.32. The topological polar surface area (TPSA) is 84.9 Å². The van der Waals surface area contributed by atoms with Gasteiger partial charge in [0.2, 0.25) is 0 Å². The van der Waals surface area contributed by atoms with Crippen LogP contribution in [-0.4, -0.2) is 42.4 Å².